The molecule has 1 saturated heterocycles. The van der Waals surface area contributed by atoms with Gasteiger partial charge in [0.1, 0.15) is 5.75 Å². The topological polar surface area (TPSA) is 75.7 Å². The second-order valence-corrected chi connectivity index (χ2v) is 7.19. The summed E-state index contributed by atoms with van der Waals surface area (Å²) in [6.45, 7) is 0.0954. The Morgan fingerprint density at radius 3 is 2.24 bits per heavy atom. The first kappa shape index (κ1) is 18.9. The van der Waals surface area contributed by atoms with Crippen LogP contribution in [-0.4, -0.2) is 29.2 Å². The van der Waals surface area contributed by atoms with Crippen LogP contribution in [0.15, 0.2) is 66.7 Å². The maximum Gasteiger partial charge on any atom is 0.233 e. The summed E-state index contributed by atoms with van der Waals surface area (Å²) in [7, 11) is 0. The highest BCUT2D eigenvalue weighted by molar-refractivity contribution is 6.06. The molecule has 148 valence electrons. The number of carbonyl (C=O) groups is 3. The lowest BCUT2D eigenvalue weighted by Gasteiger charge is -2.15. The Bertz CT molecular complexity index is 928. The van der Waals surface area contributed by atoms with E-state index in [2.05, 4.69) is 5.32 Å². The number of ether oxygens (including phenoxy) is 1. The molecule has 6 nitrogen and oxygen atoms in total. The number of amides is 3. The van der Waals surface area contributed by atoms with Crippen LogP contribution in [0.4, 0.5) is 5.69 Å². The van der Waals surface area contributed by atoms with Crippen LogP contribution in [0.5, 0.6) is 11.5 Å². The lowest BCUT2D eigenvalue weighted by atomic mass is 9.85. The Kier molecular flexibility index (Phi) is 5.42. The molecule has 2 aromatic rings. The molecule has 3 amide bonds. The van der Waals surface area contributed by atoms with Gasteiger partial charge in [0.2, 0.25) is 17.7 Å². The summed E-state index contributed by atoms with van der Waals surface area (Å²) in [5, 5.41) is 2.82. The zero-order valence-electron chi connectivity index (χ0n) is 15.9. The Morgan fingerprint density at radius 2 is 1.55 bits per heavy atom. The highest BCUT2D eigenvalue weighted by Crippen LogP contribution is 2.35. The highest BCUT2D eigenvalue weighted by Gasteiger charge is 2.46. The average Bonchev–Trinajstić information content (AvgIpc) is 2.99. The van der Waals surface area contributed by atoms with E-state index in [4.69, 9.17) is 4.74 Å². The van der Waals surface area contributed by atoms with Crippen LogP contribution in [0.3, 0.4) is 0 Å². The van der Waals surface area contributed by atoms with Crippen molar-refractivity contribution in [1.29, 1.82) is 0 Å². The van der Waals surface area contributed by atoms with Crippen LogP contribution in [0.1, 0.15) is 19.3 Å². The van der Waals surface area contributed by atoms with Crippen molar-refractivity contribution in [2.24, 2.45) is 11.8 Å². The first-order valence-corrected chi connectivity index (χ1v) is 9.75. The Labute approximate surface area is 169 Å². The predicted molar refractivity (Wildman–Crippen MR) is 108 cm³/mol. The fraction of sp³-hybridized carbons (Fsp3) is 0.261. The first-order valence-electron chi connectivity index (χ1n) is 9.75. The minimum absolute atomic E-state index is 0.0457. The minimum Gasteiger partial charge on any atom is -0.455 e. The maximum absolute atomic E-state index is 12.5. The normalized spacial score (nSPS) is 20.5. The molecule has 0 spiro atoms. The maximum atomic E-state index is 12.5. The molecule has 6 heteroatoms. The number of rotatable bonds is 6. The minimum atomic E-state index is -0.275. The quantitative estimate of drug-likeness (QED) is 0.602. The van der Waals surface area contributed by atoms with Gasteiger partial charge in [-0.3, -0.25) is 19.3 Å². The van der Waals surface area contributed by atoms with Crippen molar-refractivity contribution < 1.29 is 19.1 Å². The molecule has 1 N–H and O–H groups in total. The zero-order chi connectivity index (χ0) is 20.2. The zero-order valence-corrected chi connectivity index (χ0v) is 15.9. The third kappa shape index (κ3) is 4.06. The number of hydrogen-bond donors (Lipinski definition) is 1. The molecule has 0 radical (unpaired) electrons. The second-order valence-electron chi connectivity index (χ2n) is 7.19. The van der Waals surface area contributed by atoms with Crippen LogP contribution < -0.4 is 10.1 Å². The number of benzene rings is 2. The van der Waals surface area contributed by atoms with Crippen molar-refractivity contribution in [3.05, 3.63) is 66.7 Å². The van der Waals surface area contributed by atoms with Gasteiger partial charge in [-0.1, -0.05) is 42.5 Å². The van der Waals surface area contributed by atoms with Crippen LogP contribution >= 0.6 is 0 Å². The summed E-state index contributed by atoms with van der Waals surface area (Å²) < 4.78 is 5.85. The van der Waals surface area contributed by atoms with E-state index in [1.54, 1.807) is 18.2 Å². The number of carbonyl (C=O) groups excluding carboxylic acids is 3. The van der Waals surface area contributed by atoms with Gasteiger partial charge < -0.3 is 10.1 Å². The number of likely N-dealkylation sites (tertiary alicyclic amines) is 1. The van der Waals surface area contributed by atoms with Crippen LogP contribution in [0, 0.1) is 11.8 Å². The van der Waals surface area contributed by atoms with Crippen molar-refractivity contribution in [2.75, 3.05) is 11.9 Å². The number of hydrogen-bond acceptors (Lipinski definition) is 4. The van der Waals surface area contributed by atoms with E-state index in [-0.39, 0.29) is 42.5 Å². The molecular formula is C23H22N2O4. The van der Waals surface area contributed by atoms with Gasteiger partial charge >= 0.3 is 0 Å². The van der Waals surface area contributed by atoms with E-state index in [1.807, 2.05) is 48.6 Å². The molecule has 1 aliphatic heterocycles. The van der Waals surface area contributed by atoms with Crippen molar-refractivity contribution >= 4 is 23.4 Å². The predicted octanol–water partition coefficient (Wildman–Crippen LogP) is 3.76. The molecule has 0 saturated carbocycles. The number of fused-ring (bicyclic) bond motifs is 1. The van der Waals surface area contributed by atoms with Crippen molar-refractivity contribution in [3.8, 4) is 11.5 Å². The van der Waals surface area contributed by atoms with E-state index in [0.717, 1.165) is 0 Å². The fourth-order valence-electron chi connectivity index (χ4n) is 3.79. The van der Waals surface area contributed by atoms with E-state index in [1.165, 1.54) is 4.90 Å². The molecule has 2 aliphatic rings. The Hall–Kier alpha value is -3.41. The summed E-state index contributed by atoms with van der Waals surface area (Å²) in [4.78, 5) is 38.7. The Morgan fingerprint density at radius 1 is 0.931 bits per heavy atom. The summed E-state index contributed by atoms with van der Waals surface area (Å²) in [5.41, 5.74) is 0.540. The number of para-hydroxylation sites is 3. The van der Waals surface area contributed by atoms with Gasteiger partial charge in [0, 0.05) is 13.0 Å². The molecular weight excluding hydrogens is 368 g/mol. The highest BCUT2D eigenvalue weighted by atomic mass is 16.5. The van der Waals surface area contributed by atoms with E-state index in [9.17, 15) is 14.4 Å². The van der Waals surface area contributed by atoms with Gasteiger partial charge in [-0.05, 0) is 37.1 Å². The van der Waals surface area contributed by atoms with Crippen LogP contribution in [0.25, 0.3) is 0 Å². The van der Waals surface area contributed by atoms with Crippen molar-refractivity contribution in [2.45, 2.75) is 19.3 Å². The third-order valence-corrected chi connectivity index (χ3v) is 5.29. The van der Waals surface area contributed by atoms with Gasteiger partial charge in [0.25, 0.3) is 0 Å². The number of imide groups is 1. The van der Waals surface area contributed by atoms with Gasteiger partial charge in [-0.25, -0.2) is 0 Å². The molecule has 1 heterocycles. The lowest BCUT2D eigenvalue weighted by Crippen LogP contribution is -2.34. The van der Waals surface area contributed by atoms with Crippen molar-refractivity contribution in [1.82, 2.24) is 4.90 Å². The van der Waals surface area contributed by atoms with Crippen LogP contribution in [0.2, 0.25) is 0 Å². The largest absolute Gasteiger partial charge is 0.455 e. The van der Waals surface area contributed by atoms with Gasteiger partial charge in [-0.15, -0.1) is 0 Å². The number of allylic oxidation sites excluding steroid dienone is 2. The smallest absolute Gasteiger partial charge is 0.233 e. The summed E-state index contributed by atoms with van der Waals surface area (Å²) in [6, 6.07) is 16.4. The molecule has 29 heavy (non-hydrogen) atoms. The molecule has 2 atom stereocenters. The lowest BCUT2D eigenvalue weighted by molar-refractivity contribution is -0.140. The van der Waals surface area contributed by atoms with E-state index < -0.39 is 0 Å². The van der Waals surface area contributed by atoms with Gasteiger partial charge in [-0.2, -0.15) is 0 Å². The molecule has 1 aliphatic carbocycles. The van der Waals surface area contributed by atoms with E-state index in [0.29, 0.717) is 30.0 Å². The van der Waals surface area contributed by atoms with Crippen LogP contribution in [-0.2, 0) is 14.4 Å². The summed E-state index contributed by atoms with van der Waals surface area (Å²) in [5.74, 6) is 0.0555. The van der Waals surface area contributed by atoms with Gasteiger partial charge in [0.15, 0.2) is 5.75 Å². The number of nitrogens with zero attached hydrogens (tertiary/aromatic N) is 1. The molecule has 0 unspecified atom stereocenters. The molecule has 0 aromatic heterocycles. The number of nitrogens with one attached hydrogen (secondary N) is 1. The average molecular weight is 390 g/mol. The summed E-state index contributed by atoms with van der Waals surface area (Å²) >= 11 is 0. The molecule has 2 aromatic carbocycles. The fourth-order valence-corrected chi connectivity index (χ4v) is 3.79. The molecule has 0 bridgehead atoms. The van der Waals surface area contributed by atoms with Gasteiger partial charge in [0.05, 0.1) is 17.5 Å². The SMILES string of the molecule is O=C(CCN1C(=O)[C@@H]2CC=CC[C@H]2C1=O)Nc1ccccc1Oc1ccccc1. The second kappa shape index (κ2) is 8.31. The molecule has 4 rings (SSSR count). The monoisotopic (exact) mass is 390 g/mol. The molecule has 1 fully saturated rings. The van der Waals surface area contributed by atoms with Crippen molar-refractivity contribution in [3.63, 3.8) is 0 Å². The number of anilines is 1. The standard InChI is InChI=1S/C23H22N2O4/c26-21(14-15-25-22(27)17-10-4-5-11-18(17)23(25)28)24-19-12-6-7-13-20(19)29-16-8-2-1-3-9-16/h1-9,12-13,17-18H,10-11,14-15H2,(H,24,26)/t17-,18-/m1/s1. The third-order valence-electron chi connectivity index (χ3n) is 5.29. The summed E-state index contributed by atoms with van der Waals surface area (Å²) in [6.07, 6.45) is 5.15. The Balaban J connectivity index is 1.37. The van der Waals surface area contributed by atoms with E-state index >= 15 is 0 Å². The first-order chi connectivity index (χ1) is 14.1.